The van der Waals surface area contributed by atoms with Crippen LogP contribution in [0.1, 0.15) is 76.4 Å². The van der Waals surface area contributed by atoms with Crippen molar-refractivity contribution in [3.05, 3.63) is 89.8 Å². The summed E-state index contributed by atoms with van der Waals surface area (Å²) in [5, 5.41) is 1.56. The summed E-state index contributed by atoms with van der Waals surface area (Å²) in [6.07, 6.45) is 15.8. The van der Waals surface area contributed by atoms with Crippen molar-refractivity contribution in [1.29, 1.82) is 0 Å². The number of rotatable bonds is 7. The summed E-state index contributed by atoms with van der Waals surface area (Å²) < 4.78 is 0. The second-order valence-electron chi connectivity index (χ2n) is 15.6. The first-order valence-corrected chi connectivity index (χ1v) is 20.0. The largest absolute Gasteiger partial charge is 0.338 e. The fourth-order valence-corrected chi connectivity index (χ4v) is 8.30. The van der Waals surface area contributed by atoms with Crippen molar-refractivity contribution < 1.29 is 20.1 Å². The van der Waals surface area contributed by atoms with Gasteiger partial charge in [-0.15, -0.1) is 35.9 Å². The Morgan fingerprint density at radius 1 is 0.889 bits per heavy atom. The van der Waals surface area contributed by atoms with E-state index in [0.29, 0.717) is 5.92 Å². The zero-order valence-corrected chi connectivity index (χ0v) is 32.1. The number of fused-ring (bicyclic) bond motifs is 1. The van der Waals surface area contributed by atoms with Crippen molar-refractivity contribution in [3.8, 4) is 22.5 Å². The fraction of sp³-hybridized carbons (Fsp3) is 0.487. The standard InChI is InChI=1S/C21H26NSi.C18H24N3.Ir/c1-23(2,3)21-14-22-20(16-7-5-4-6-8-16)13-19(21)12-18-11-15-9-17(18)10-15;1-12(2)7-14-8-16(19-9-13(14)3)15-10-20-17(21-11-15)18(4,5)6;/h4-7,13-15,17-18H,9-12H2,1-3H3;8-10,12H,7H2,1-6H3;/q2*-1;. The molecule has 2 bridgehead atoms. The normalized spacial score (nSPS) is 18.9. The molecule has 4 aromatic rings. The first-order chi connectivity index (χ1) is 20.8. The van der Waals surface area contributed by atoms with Gasteiger partial charge in [-0.05, 0) is 96.4 Å². The van der Waals surface area contributed by atoms with Crippen LogP contribution in [0.5, 0.6) is 0 Å². The summed E-state index contributed by atoms with van der Waals surface area (Å²) in [4.78, 5) is 18.1. The summed E-state index contributed by atoms with van der Waals surface area (Å²) in [7, 11) is -1.35. The maximum absolute atomic E-state index is 4.78. The third-order valence-corrected chi connectivity index (χ3v) is 11.3. The molecule has 4 nitrogen and oxygen atoms in total. The minimum Gasteiger partial charge on any atom is -0.338 e. The molecule has 0 aliphatic heterocycles. The number of aromatic nitrogens is 4. The number of hydrogen-bond donors (Lipinski definition) is 0. The minimum atomic E-state index is -1.35. The van der Waals surface area contributed by atoms with Crippen molar-refractivity contribution in [2.24, 2.45) is 23.7 Å². The molecule has 0 saturated heterocycles. The van der Waals surface area contributed by atoms with Gasteiger partial charge >= 0.3 is 0 Å². The van der Waals surface area contributed by atoms with Gasteiger partial charge in [-0.1, -0.05) is 89.3 Å². The van der Waals surface area contributed by atoms with Crippen LogP contribution in [0, 0.1) is 42.9 Å². The molecule has 3 saturated carbocycles. The predicted molar refractivity (Wildman–Crippen MR) is 186 cm³/mol. The van der Waals surface area contributed by atoms with Gasteiger partial charge in [0.25, 0.3) is 0 Å². The molecule has 6 heteroatoms. The Kier molecular flexibility index (Phi) is 11.4. The van der Waals surface area contributed by atoms with Gasteiger partial charge < -0.3 is 19.9 Å². The number of nitrogens with zero attached hydrogens (tertiary/aromatic N) is 4. The molecule has 3 aromatic heterocycles. The smallest absolute Gasteiger partial charge is 0.0798 e. The van der Waals surface area contributed by atoms with E-state index in [4.69, 9.17) is 4.98 Å². The molecule has 0 spiro atoms. The van der Waals surface area contributed by atoms with Crippen molar-refractivity contribution in [3.63, 3.8) is 0 Å². The van der Waals surface area contributed by atoms with Crippen molar-refractivity contribution in [2.75, 3.05) is 0 Å². The maximum atomic E-state index is 4.78. The van der Waals surface area contributed by atoms with Gasteiger partial charge in [0, 0.05) is 38.3 Å². The number of pyridine rings is 2. The topological polar surface area (TPSA) is 51.6 Å². The molecule has 0 amide bonds. The maximum Gasteiger partial charge on any atom is 0.0798 e. The Morgan fingerprint density at radius 3 is 2.13 bits per heavy atom. The quantitative estimate of drug-likeness (QED) is 0.139. The van der Waals surface area contributed by atoms with Crippen LogP contribution in [0.2, 0.25) is 19.6 Å². The zero-order valence-electron chi connectivity index (χ0n) is 28.7. The van der Waals surface area contributed by atoms with Crippen LogP contribution in [-0.4, -0.2) is 28.0 Å². The summed E-state index contributed by atoms with van der Waals surface area (Å²) in [6, 6.07) is 16.0. The van der Waals surface area contributed by atoms with Gasteiger partial charge in [0.15, 0.2) is 0 Å². The second-order valence-corrected chi connectivity index (χ2v) is 20.7. The van der Waals surface area contributed by atoms with E-state index < -0.39 is 8.07 Å². The second kappa shape index (κ2) is 14.5. The predicted octanol–water partition coefficient (Wildman–Crippen LogP) is 8.82. The van der Waals surface area contributed by atoms with Gasteiger partial charge in [-0.3, -0.25) is 0 Å². The van der Waals surface area contributed by atoms with Crippen molar-refractivity contribution in [2.45, 2.75) is 98.7 Å². The molecule has 3 aliphatic rings. The summed E-state index contributed by atoms with van der Waals surface area (Å²) in [6.45, 7) is 20.2. The third kappa shape index (κ3) is 8.84. The average molecular weight is 795 g/mol. The molecule has 1 unspecified atom stereocenters. The van der Waals surface area contributed by atoms with E-state index in [1.165, 1.54) is 36.8 Å². The van der Waals surface area contributed by atoms with E-state index in [0.717, 1.165) is 52.5 Å². The minimum absolute atomic E-state index is 0. The summed E-state index contributed by atoms with van der Waals surface area (Å²) in [5.74, 6) is 4.41. The first-order valence-electron chi connectivity index (χ1n) is 16.5. The average Bonchev–Trinajstić information content (AvgIpc) is 3.54. The van der Waals surface area contributed by atoms with Crippen LogP contribution in [0.25, 0.3) is 22.5 Å². The van der Waals surface area contributed by atoms with Crippen molar-refractivity contribution in [1.82, 2.24) is 19.9 Å². The van der Waals surface area contributed by atoms with Crippen LogP contribution in [0.15, 0.2) is 55.0 Å². The Morgan fingerprint density at radius 2 is 1.58 bits per heavy atom. The molecule has 3 heterocycles. The first kappa shape index (κ1) is 35.3. The Bertz CT molecular complexity index is 1550. The third-order valence-electron chi connectivity index (χ3n) is 9.23. The molecule has 0 N–H and O–H groups in total. The van der Waals surface area contributed by atoms with E-state index in [-0.39, 0.29) is 25.5 Å². The van der Waals surface area contributed by atoms with Gasteiger partial charge in [0.2, 0.25) is 0 Å². The van der Waals surface area contributed by atoms with Crippen molar-refractivity contribution >= 4 is 13.3 Å². The number of hydrogen-bond acceptors (Lipinski definition) is 4. The molecule has 3 fully saturated rings. The Labute approximate surface area is 286 Å². The molecule has 45 heavy (non-hydrogen) atoms. The monoisotopic (exact) mass is 795 g/mol. The van der Waals surface area contributed by atoms with E-state index in [9.17, 15) is 0 Å². The number of aryl methyl sites for hydroxylation is 1. The molecule has 1 aromatic carbocycles. The fourth-order valence-electron chi connectivity index (χ4n) is 6.71. The Balaban J connectivity index is 0.000000201. The van der Waals surface area contributed by atoms with E-state index >= 15 is 0 Å². The van der Waals surface area contributed by atoms with Gasteiger partial charge in [-0.2, -0.15) is 0 Å². The van der Waals surface area contributed by atoms with E-state index in [1.54, 1.807) is 10.8 Å². The van der Waals surface area contributed by atoms with Gasteiger partial charge in [0.05, 0.1) is 8.07 Å². The van der Waals surface area contributed by atoms with E-state index in [2.05, 4.69) is 119 Å². The van der Waals surface area contributed by atoms with Crippen LogP contribution < -0.4 is 5.19 Å². The van der Waals surface area contributed by atoms with E-state index in [1.807, 2.05) is 24.5 Å². The molecule has 7 rings (SSSR count). The zero-order chi connectivity index (χ0) is 31.6. The molecule has 1 atom stereocenters. The molecular formula is C39H50IrN4Si-2. The van der Waals surface area contributed by atoms with Crippen LogP contribution in [-0.2, 0) is 38.4 Å². The van der Waals surface area contributed by atoms with Crippen LogP contribution in [0.4, 0.5) is 0 Å². The van der Waals surface area contributed by atoms with Crippen LogP contribution in [0.3, 0.4) is 0 Å². The Hall–Kier alpha value is -2.53. The molecular weight excluding hydrogens is 745 g/mol. The molecule has 241 valence electrons. The van der Waals surface area contributed by atoms with Gasteiger partial charge in [0.1, 0.15) is 0 Å². The SMILES string of the molecule is C[Si](C)(C)c1cnc(-c2[c-]cccc2)cc1CC1CC2CC1C2.Cc1cnc(-c2[c-]nc(C(C)(C)C)nc2)cc1CC(C)C.[Ir]. The molecule has 3 aliphatic carbocycles. The van der Waals surface area contributed by atoms with Gasteiger partial charge in [-0.25, -0.2) is 0 Å². The number of benzene rings is 1. The summed E-state index contributed by atoms with van der Waals surface area (Å²) in [5.41, 5.74) is 8.05. The molecule has 1 radical (unpaired) electrons. The van der Waals surface area contributed by atoms with Crippen LogP contribution >= 0.6 is 0 Å². The summed E-state index contributed by atoms with van der Waals surface area (Å²) >= 11 is 0.